The number of carbonyl (C=O) groups is 2. The lowest BCUT2D eigenvalue weighted by molar-refractivity contribution is -0.114. The number of benzene rings is 1. The first-order chi connectivity index (χ1) is 8.31. The molecule has 5 nitrogen and oxygen atoms in total. The molecular weight excluding hydrogens is 258 g/mol. The van der Waals surface area contributed by atoms with Crippen molar-refractivity contribution in [2.45, 2.75) is 26.9 Å². The average molecular weight is 272 g/mol. The second kappa shape index (κ2) is 5.73. The molecule has 0 aliphatic carbocycles. The maximum absolute atomic E-state index is 11.1. The Balaban J connectivity index is 3.27. The van der Waals surface area contributed by atoms with Crippen molar-refractivity contribution in [2.24, 2.45) is 0 Å². The maximum atomic E-state index is 11.1. The standard InChI is InChI=1S/C12H14ClNO4/c1-6(2)18-11-5-9(13)8(12(16)17)4-10(11)14-7(3)15/h4-6H,1-3H3,(H,14,15)(H,16,17). The van der Waals surface area contributed by atoms with Crippen molar-refractivity contribution in [1.29, 1.82) is 0 Å². The van der Waals surface area contributed by atoms with Gasteiger partial charge in [-0.25, -0.2) is 4.79 Å². The normalized spacial score (nSPS) is 10.3. The first-order valence-electron chi connectivity index (χ1n) is 5.32. The van der Waals surface area contributed by atoms with Gasteiger partial charge in [-0.1, -0.05) is 11.6 Å². The summed E-state index contributed by atoms with van der Waals surface area (Å²) in [5.41, 5.74) is 0.203. The number of halogens is 1. The van der Waals surface area contributed by atoms with Crippen molar-refractivity contribution in [3.05, 3.63) is 22.7 Å². The van der Waals surface area contributed by atoms with E-state index in [1.807, 2.05) is 13.8 Å². The minimum atomic E-state index is -1.16. The van der Waals surface area contributed by atoms with E-state index in [1.54, 1.807) is 0 Å². The summed E-state index contributed by atoms with van der Waals surface area (Å²) in [4.78, 5) is 22.0. The van der Waals surface area contributed by atoms with E-state index < -0.39 is 5.97 Å². The summed E-state index contributed by atoms with van der Waals surface area (Å²) in [6, 6.07) is 2.67. The lowest BCUT2D eigenvalue weighted by atomic mass is 10.1. The molecule has 0 radical (unpaired) electrons. The Morgan fingerprint density at radius 1 is 1.39 bits per heavy atom. The van der Waals surface area contributed by atoms with Crippen LogP contribution in [0.15, 0.2) is 12.1 Å². The van der Waals surface area contributed by atoms with Crippen molar-refractivity contribution in [3.63, 3.8) is 0 Å². The van der Waals surface area contributed by atoms with Crippen molar-refractivity contribution in [1.82, 2.24) is 0 Å². The fraction of sp³-hybridized carbons (Fsp3) is 0.333. The molecule has 0 saturated carbocycles. The van der Waals surface area contributed by atoms with E-state index in [2.05, 4.69) is 5.32 Å². The molecule has 0 heterocycles. The van der Waals surface area contributed by atoms with Crippen molar-refractivity contribution < 1.29 is 19.4 Å². The number of amides is 1. The molecule has 0 bridgehead atoms. The van der Waals surface area contributed by atoms with Gasteiger partial charge < -0.3 is 15.2 Å². The molecule has 0 unspecified atom stereocenters. The van der Waals surface area contributed by atoms with E-state index in [0.717, 1.165) is 0 Å². The predicted octanol–water partition coefficient (Wildman–Crippen LogP) is 2.78. The number of ether oxygens (including phenoxy) is 1. The number of hydrogen-bond acceptors (Lipinski definition) is 3. The molecule has 0 saturated heterocycles. The highest BCUT2D eigenvalue weighted by Crippen LogP contribution is 2.32. The topological polar surface area (TPSA) is 75.6 Å². The summed E-state index contributed by atoms with van der Waals surface area (Å²) >= 11 is 5.84. The number of carbonyl (C=O) groups excluding carboxylic acids is 1. The van der Waals surface area contributed by atoms with E-state index in [-0.39, 0.29) is 28.3 Å². The van der Waals surface area contributed by atoms with Gasteiger partial charge in [-0.3, -0.25) is 4.79 Å². The largest absolute Gasteiger partial charge is 0.489 e. The SMILES string of the molecule is CC(=O)Nc1cc(C(=O)O)c(Cl)cc1OC(C)C. The van der Waals surface area contributed by atoms with Crippen LogP contribution in [-0.4, -0.2) is 23.1 Å². The molecule has 1 aromatic rings. The molecule has 6 heteroatoms. The van der Waals surface area contributed by atoms with Crippen LogP contribution in [0.3, 0.4) is 0 Å². The van der Waals surface area contributed by atoms with Crippen LogP contribution in [0.2, 0.25) is 5.02 Å². The van der Waals surface area contributed by atoms with Gasteiger partial charge in [-0.15, -0.1) is 0 Å². The van der Waals surface area contributed by atoms with Gasteiger partial charge in [0.25, 0.3) is 0 Å². The van der Waals surface area contributed by atoms with E-state index in [0.29, 0.717) is 5.75 Å². The third-order valence-electron chi connectivity index (χ3n) is 1.97. The average Bonchev–Trinajstić information content (AvgIpc) is 2.19. The third-order valence-corrected chi connectivity index (χ3v) is 2.29. The Morgan fingerprint density at radius 2 is 2.00 bits per heavy atom. The van der Waals surface area contributed by atoms with E-state index >= 15 is 0 Å². The minimum Gasteiger partial charge on any atom is -0.489 e. The summed E-state index contributed by atoms with van der Waals surface area (Å²) in [5, 5.41) is 11.5. The number of carboxylic acid groups (broad SMARTS) is 1. The van der Waals surface area contributed by atoms with Gasteiger partial charge in [0, 0.05) is 13.0 Å². The number of nitrogens with one attached hydrogen (secondary N) is 1. The summed E-state index contributed by atoms with van der Waals surface area (Å²) in [6.45, 7) is 4.96. The Morgan fingerprint density at radius 3 is 2.44 bits per heavy atom. The molecule has 1 aromatic carbocycles. The lowest BCUT2D eigenvalue weighted by Gasteiger charge is -2.15. The minimum absolute atomic E-state index is 0.0623. The monoisotopic (exact) mass is 271 g/mol. The van der Waals surface area contributed by atoms with Gasteiger partial charge in [0.2, 0.25) is 5.91 Å². The number of anilines is 1. The molecule has 0 aromatic heterocycles. The summed E-state index contributed by atoms with van der Waals surface area (Å²) in [5.74, 6) is -1.14. The highest BCUT2D eigenvalue weighted by atomic mass is 35.5. The highest BCUT2D eigenvalue weighted by Gasteiger charge is 2.16. The van der Waals surface area contributed by atoms with E-state index in [9.17, 15) is 9.59 Å². The van der Waals surface area contributed by atoms with Crippen molar-refractivity contribution in [3.8, 4) is 5.75 Å². The molecule has 0 atom stereocenters. The van der Waals surface area contributed by atoms with Gasteiger partial charge in [0.1, 0.15) is 5.75 Å². The molecule has 0 fully saturated rings. The van der Waals surface area contributed by atoms with Crippen molar-refractivity contribution in [2.75, 3.05) is 5.32 Å². The Labute approximate surface area is 110 Å². The Hall–Kier alpha value is -1.75. The number of carboxylic acids is 1. The summed E-state index contributed by atoms with van der Waals surface area (Å²) < 4.78 is 5.47. The molecule has 0 spiro atoms. The lowest BCUT2D eigenvalue weighted by Crippen LogP contribution is -2.12. The number of aromatic carboxylic acids is 1. The van der Waals surface area contributed by atoms with Crippen LogP contribution in [0.1, 0.15) is 31.1 Å². The quantitative estimate of drug-likeness (QED) is 0.883. The van der Waals surface area contributed by atoms with Gasteiger partial charge in [-0.2, -0.15) is 0 Å². The van der Waals surface area contributed by atoms with Gasteiger partial charge in [-0.05, 0) is 19.9 Å². The van der Waals surface area contributed by atoms with E-state index in [4.69, 9.17) is 21.4 Å². The summed E-state index contributed by atoms with van der Waals surface area (Å²) in [6.07, 6.45) is -0.121. The fourth-order valence-corrected chi connectivity index (χ4v) is 1.59. The highest BCUT2D eigenvalue weighted by molar-refractivity contribution is 6.33. The van der Waals surface area contributed by atoms with Gasteiger partial charge in [0.15, 0.2) is 0 Å². The third kappa shape index (κ3) is 3.63. The smallest absolute Gasteiger partial charge is 0.337 e. The van der Waals surface area contributed by atoms with E-state index in [1.165, 1.54) is 19.1 Å². The van der Waals surface area contributed by atoms with Crippen LogP contribution in [0.4, 0.5) is 5.69 Å². The van der Waals surface area contributed by atoms with Crippen LogP contribution in [0.25, 0.3) is 0 Å². The van der Waals surface area contributed by atoms with Gasteiger partial charge in [0.05, 0.1) is 22.4 Å². The zero-order valence-corrected chi connectivity index (χ0v) is 11.0. The molecule has 1 amide bonds. The summed E-state index contributed by atoms with van der Waals surface area (Å²) in [7, 11) is 0. The molecule has 98 valence electrons. The van der Waals surface area contributed by atoms with Gasteiger partial charge >= 0.3 is 5.97 Å². The van der Waals surface area contributed by atoms with Crippen molar-refractivity contribution >= 4 is 29.2 Å². The molecule has 18 heavy (non-hydrogen) atoms. The number of hydrogen-bond donors (Lipinski definition) is 2. The van der Waals surface area contributed by atoms with Crippen LogP contribution in [0, 0.1) is 0 Å². The molecule has 1 rings (SSSR count). The molecular formula is C12H14ClNO4. The zero-order valence-electron chi connectivity index (χ0n) is 10.3. The Bertz CT molecular complexity index is 485. The molecule has 0 aliphatic rings. The van der Waals surface area contributed by atoms with Crippen LogP contribution in [-0.2, 0) is 4.79 Å². The molecule has 0 aliphatic heterocycles. The maximum Gasteiger partial charge on any atom is 0.337 e. The first kappa shape index (κ1) is 14.3. The second-order valence-electron chi connectivity index (χ2n) is 3.98. The predicted molar refractivity (Wildman–Crippen MR) is 68.5 cm³/mol. The Kier molecular flexibility index (Phi) is 4.55. The fourth-order valence-electron chi connectivity index (χ4n) is 1.36. The first-order valence-corrected chi connectivity index (χ1v) is 5.70. The zero-order chi connectivity index (χ0) is 13.9. The number of rotatable bonds is 4. The second-order valence-corrected chi connectivity index (χ2v) is 4.39. The van der Waals surface area contributed by atoms with Crippen LogP contribution in [0.5, 0.6) is 5.75 Å². The van der Waals surface area contributed by atoms with Crippen LogP contribution >= 0.6 is 11.6 Å². The van der Waals surface area contributed by atoms with Crippen LogP contribution < -0.4 is 10.1 Å². The molecule has 2 N–H and O–H groups in total.